The van der Waals surface area contributed by atoms with Gasteiger partial charge in [-0.05, 0) is 49.8 Å². The van der Waals surface area contributed by atoms with Gasteiger partial charge in [0.2, 0.25) is 11.9 Å². The molecule has 2 aliphatic rings. The number of carbonyl (C=O) groups excluding carboxylic acids is 1. The number of amides is 1. The molecule has 2 fully saturated rings. The summed E-state index contributed by atoms with van der Waals surface area (Å²) >= 11 is 0. The van der Waals surface area contributed by atoms with Crippen molar-refractivity contribution in [3.8, 4) is 11.3 Å². The molecular weight excluding hydrogens is 454 g/mol. The number of carbonyl (C=O) groups is 1. The lowest BCUT2D eigenvalue weighted by atomic mass is 10.0. The van der Waals surface area contributed by atoms with Gasteiger partial charge in [0, 0.05) is 37.8 Å². The van der Waals surface area contributed by atoms with Gasteiger partial charge in [-0.1, -0.05) is 0 Å². The second-order valence-corrected chi connectivity index (χ2v) is 9.60. The van der Waals surface area contributed by atoms with E-state index < -0.39 is 13.0 Å². The molecule has 3 atom stereocenters. The second kappa shape index (κ2) is 8.24. The molecule has 4 aromatic rings. The molecule has 11 heteroatoms. The zero-order valence-electron chi connectivity index (χ0n) is 19.5. The highest BCUT2D eigenvalue weighted by Crippen LogP contribution is 2.39. The van der Waals surface area contributed by atoms with Crippen LogP contribution >= 0.6 is 0 Å². The molecule has 5 heterocycles. The Kier molecular flexibility index (Phi) is 5.15. The number of hydrogen-bond donors (Lipinski definition) is 1. The first-order valence-corrected chi connectivity index (χ1v) is 11.8. The summed E-state index contributed by atoms with van der Waals surface area (Å²) in [6.45, 7) is 4.58. The highest BCUT2D eigenvalue weighted by atomic mass is 19.3. The summed E-state index contributed by atoms with van der Waals surface area (Å²) in [5.41, 5.74) is 3.28. The van der Waals surface area contributed by atoms with Crippen molar-refractivity contribution in [1.29, 1.82) is 0 Å². The molecule has 0 spiro atoms. The summed E-state index contributed by atoms with van der Waals surface area (Å²) in [5.74, 6) is 2.28. The fourth-order valence-electron chi connectivity index (χ4n) is 5.66. The molecule has 1 saturated heterocycles. The third-order valence-corrected chi connectivity index (χ3v) is 7.33. The number of aryl methyl sites for hydroxylation is 1. The fourth-order valence-corrected chi connectivity index (χ4v) is 5.66. The van der Waals surface area contributed by atoms with E-state index in [1.54, 1.807) is 30.6 Å². The third-order valence-electron chi connectivity index (χ3n) is 7.33. The number of imidazole rings is 1. The number of anilines is 1. The number of nitrogens with zero attached hydrogens (tertiary/aromatic N) is 7. The van der Waals surface area contributed by atoms with Crippen LogP contribution in [0.5, 0.6) is 0 Å². The summed E-state index contributed by atoms with van der Waals surface area (Å²) in [6.07, 6.45) is 3.12. The highest BCUT2D eigenvalue weighted by molar-refractivity contribution is 5.82. The molecule has 4 aromatic heterocycles. The van der Waals surface area contributed by atoms with Crippen LogP contribution in [0.15, 0.2) is 30.6 Å². The van der Waals surface area contributed by atoms with E-state index in [9.17, 15) is 13.6 Å². The molecule has 9 nitrogen and oxygen atoms in total. The highest BCUT2D eigenvalue weighted by Gasteiger charge is 2.41. The van der Waals surface area contributed by atoms with Crippen molar-refractivity contribution in [3.63, 3.8) is 0 Å². The first-order valence-electron chi connectivity index (χ1n) is 11.8. The van der Waals surface area contributed by atoms with E-state index in [0.717, 1.165) is 37.0 Å². The monoisotopic (exact) mass is 480 g/mol. The van der Waals surface area contributed by atoms with E-state index in [1.165, 1.54) is 4.57 Å². The molecule has 1 aliphatic carbocycles. The number of fused-ring (bicyclic) bond motifs is 3. The summed E-state index contributed by atoms with van der Waals surface area (Å²) in [6, 6.07) is 5.83. The van der Waals surface area contributed by atoms with Gasteiger partial charge in [0.05, 0.1) is 24.0 Å². The van der Waals surface area contributed by atoms with Gasteiger partial charge in [-0.3, -0.25) is 4.79 Å². The normalized spacial score (nSPS) is 22.0. The number of halogens is 2. The van der Waals surface area contributed by atoms with E-state index >= 15 is 0 Å². The van der Waals surface area contributed by atoms with Gasteiger partial charge in [0.25, 0.3) is 6.43 Å². The topological polar surface area (TPSA) is 93.2 Å². The van der Waals surface area contributed by atoms with Crippen LogP contribution in [0.1, 0.15) is 25.6 Å². The maximum Gasteiger partial charge on any atom is 0.256 e. The van der Waals surface area contributed by atoms with Gasteiger partial charge in [0.1, 0.15) is 11.3 Å². The van der Waals surface area contributed by atoms with Crippen LogP contribution in [0.3, 0.4) is 0 Å². The quantitative estimate of drug-likeness (QED) is 0.471. The zero-order chi connectivity index (χ0) is 24.3. The Labute approximate surface area is 200 Å². The number of hydrogen-bond acceptors (Lipinski definition) is 6. The molecule has 0 aromatic carbocycles. The number of rotatable bonds is 5. The Bertz CT molecular complexity index is 1420. The molecule has 1 N–H and O–H groups in total. The van der Waals surface area contributed by atoms with E-state index in [-0.39, 0.29) is 11.9 Å². The minimum atomic E-state index is -2.49. The smallest absolute Gasteiger partial charge is 0.256 e. The summed E-state index contributed by atoms with van der Waals surface area (Å²) in [5, 5.41) is 8.09. The minimum absolute atomic E-state index is 0.156. The zero-order valence-corrected chi connectivity index (χ0v) is 19.5. The first-order chi connectivity index (χ1) is 16.9. The lowest BCUT2D eigenvalue weighted by Crippen LogP contribution is -2.29. The maximum absolute atomic E-state index is 13.1. The molecular formula is C24H26F2N8O. The van der Waals surface area contributed by atoms with Crippen molar-refractivity contribution >= 4 is 28.5 Å². The van der Waals surface area contributed by atoms with Gasteiger partial charge < -0.3 is 14.8 Å². The number of nitrogens with one attached hydrogen (secondary N) is 1. The SMILES string of the molecule is CC(=O)N1C[C@H]2C[C@@H](Nc3ncc4c(-c5ccc6nc(C)n(CC(F)F)c6n5)ccn4n3)C[C@H]2C1. The lowest BCUT2D eigenvalue weighted by Gasteiger charge is -2.18. The van der Waals surface area contributed by atoms with Crippen LogP contribution in [0, 0.1) is 18.8 Å². The summed E-state index contributed by atoms with van der Waals surface area (Å²) in [4.78, 5) is 27.1. The standard InChI is InChI=1S/C24H26F2N8O/c1-13-28-20-4-3-19(30-23(20)33(13)12-22(25)26)18-5-6-34-21(18)9-27-24(31-34)29-17-7-15-10-32(14(2)35)11-16(15)8-17/h3-6,9,15-17,22H,7-8,10-12H2,1-2H3,(H,29,31)/t15-,16+,17-. The number of alkyl halides is 2. The van der Waals surface area contributed by atoms with Gasteiger partial charge >= 0.3 is 0 Å². The molecule has 0 bridgehead atoms. The lowest BCUT2D eigenvalue weighted by molar-refractivity contribution is -0.128. The van der Waals surface area contributed by atoms with Crippen molar-refractivity contribution in [1.82, 2.24) is 34.0 Å². The fraction of sp³-hybridized carbons (Fsp3) is 0.458. The average Bonchev–Trinajstić information content (AvgIpc) is 3.55. The van der Waals surface area contributed by atoms with Gasteiger partial charge in [0.15, 0.2) is 5.65 Å². The number of pyridine rings is 1. The van der Waals surface area contributed by atoms with Crippen molar-refractivity contribution < 1.29 is 13.6 Å². The molecule has 1 saturated carbocycles. The summed E-state index contributed by atoms with van der Waals surface area (Å²) in [7, 11) is 0. The van der Waals surface area contributed by atoms with E-state index in [2.05, 4.69) is 25.4 Å². The third kappa shape index (κ3) is 3.88. The predicted molar refractivity (Wildman–Crippen MR) is 126 cm³/mol. The van der Waals surface area contributed by atoms with Crippen LogP contribution in [-0.4, -0.2) is 65.5 Å². The number of likely N-dealkylation sites (tertiary alicyclic amines) is 1. The molecule has 0 unspecified atom stereocenters. The summed E-state index contributed by atoms with van der Waals surface area (Å²) < 4.78 is 29.3. The van der Waals surface area contributed by atoms with Gasteiger partial charge in [-0.15, -0.1) is 5.10 Å². The van der Waals surface area contributed by atoms with Crippen LogP contribution < -0.4 is 5.32 Å². The average molecular weight is 481 g/mol. The van der Waals surface area contributed by atoms with Crippen molar-refractivity contribution in [2.24, 2.45) is 11.8 Å². The van der Waals surface area contributed by atoms with Crippen LogP contribution in [0.2, 0.25) is 0 Å². The number of aromatic nitrogens is 6. The maximum atomic E-state index is 13.1. The van der Waals surface area contributed by atoms with Gasteiger partial charge in [-0.25, -0.2) is 28.2 Å². The molecule has 0 radical (unpaired) electrons. The predicted octanol–water partition coefficient (Wildman–Crippen LogP) is 3.38. The molecule has 6 rings (SSSR count). The van der Waals surface area contributed by atoms with Crippen LogP contribution in [0.25, 0.3) is 27.9 Å². The van der Waals surface area contributed by atoms with Gasteiger partial charge in [-0.2, -0.15) is 0 Å². The minimum Gasteiger partial charge on any atom is -0.350 e. The van der Waals surface area contributed by atoms with Crippen molar-refractivity contribution in [2.75, 3.05) is 18.4 Å². The van der Waals surface area contributed by atoms with Crippen molar-refractivity contribution in [2.45, 2.75) is 45.7 Å². The Morgan fingerprint density at radius 1 is 1.17 bits per heavy atom. The van der Waals surface area contributed by atoms with Crippen LogP contribution in [-0.2, 0) is 11.3 Å². The van der Waals surface area contributed by atoms with E-state index in [1.807, 2.05) is 23.2 Å². The largest absolute Gasteiger partial charge is 0.350 e. The Morgan fingerprint density at radius 2 is 1.94 bits per heavy atom. The Morgan fingerprint density at radius 3 is 2.66 bits per heavy atom. The molecule has 1 aliphatic heterocycles. The molecule has 35 heavy (non-hydrogen) atoms. The first kappa shape index (κ1) is 21.9. The Balaban J connectivity index is 1.23. The second-order valence-electron chi connectivity index (χ2n) is 9.60. The van der Waals surface area contributed by atoms with E-state index in [0.29, 0.717) is 40.5 Å². The Hall–Kier alpha value is -3.63. The van der Waals surface area contributed by atoms with E-state index in [4.69, 9.17) is 0 Å². The van der Waals surface area contributed by atoms with Crippen LogP contribution in [0.4, 0.5) is 14.7 Å². The molecule has 1 amide bonds. The molecule has 182 valence electrons. The van der Waals surface area contributed by atoms with Crippen molar-refractivity contribution in [3.05, 3.63) is 36.4 Å².